The molecule has 2 N–H and O–H groups in total. The number of hydrogen-bond donors (Lipinski definition) is 1. The molecule has 1 saturated heterocycles. The minimum Gasteiger partial charge on any atom is -0.340 e. The highest BCUT2D eigenvalue weighted by atomic mass is 19.1. The lowest BCUT2D eigenvalue weighted by molar-refractivity contribution is 0.243. The largest absolute Gasteiger partial charge is 0.340 e. The lowest BCUT2D eigenvalue weighted by Crippen LogP contribution is -2.50. The van der Waals surface area contributed by atoms with Crippen molar-refractivity contribution in [2.75, 3.05) is 18.0 Å². The first-order chi connectivity index (χ1) is 12.9. The molecule has 0 aliphatic carbocycles. The van der Waals surface area contributed by atoms with Gasteiger partial charge in [-0.2, -0.15) is 0 Å². The SMILES string of the molecule is N[C@@H]1CN(c2nc3c(F)cc(F)cc3n2Cc2ccc(F)cn2)CC[C@H]1F. The molecule has 1 fully saturated rings. The second kappa shape index (κ2) is 6.80. The fraction of sp³-hybridized carbons (Fsp3) is 0.333. The fourth-order valence-electron chi connectivity index (χ4n) is 3.33. The summed E-state index contributed by atoms with van der Waals surface area (Å²) in [5, 5.41) is 0. The lowest BCUT2D eigenvalue weighted by Gasteiger charge is -2.34. The van der Waals surface area contributed by atoms with Crippen molar-refractivity contribution in [3.8, 4) is 0 Å². The number of nitrogens with zero attached hydrogens (tertiary/aromatic N) is 4. The van der Waals surface area contributed by atoms with Crippen molar-refractivity contribution in [3.63, 3.8) is 0 Å². The Morgan fingerprint density at radius 1 is 1.15 bits per heavy atom. The molecule has 0 radical (unpaired) electrons. The summed E-state index contributed by atoms with van der Waals surface area (Å²) in [5.74, 6) is -1.66. The maximum absolute atomic E-state index is 14.3. The van der Waals surface area contributed by atoms with E-state index in [4.69, 9.17) is 5.73 Å². The van der Waals surface area contributed by atoms with Gasteiger partial charge in [-0.25, -0.2) is 22.5 Å². The summed E-state index contributed by atoms with van der Waals surface area (Å²) in [6.07, 6.45) is 0.169. The normalized spacial score (nSPS) is 20.4. The van der Waals surface area contributed by atoms with Crippen molar-refractivity contribution < 1.29 is 17.6 Å². The Hall–Kier alpha value is -2.68. The second-order valence-corrected chi connectivity index (χ2v) is 6.64. The van der Waals surface area contributed by atoms with Gasteiger partial charge in [0.1, 0.15) is 23.3 Å². The van der Waals surface area contributed by atoms with Crippen LogP contribution in [0.3, 0.4) is 0 Å². The predicted octanol–water partition coefficient (Wildman–Crippen LogP) is 2.77. The van der Waals surface area contributed by atoms with Gasteiger partial charge in [-0.1, -0.05) is 0 Å². The average Bonchev–Trinajstić information content (AvgIpc) is 2.98. The molecule has 142 valence electrons. The summed E-state index contributed by atoms with van der Waals surface area (Å²) in [5.41, 5.74) is 6.57. The third-order valence-corrected chi connectivity index (χ3v) is 4.71. The van der Waals surface area contributed by atoms with Gasteiger partial charge in [-0.05, 0) is 18.6 Å². The van der Waals surface area contributed by atoms with Crippen LogP contribution in [0.2, 0.25) is 0 Å². The van der Waals surface area contributed by atoms with Crippen LogP contribution in [-0.4, -0.2) is 39.8 Å². The van der Waals surface area contributed by atoms with Crippen LogP contribution in [-0.2, 0) is 6.54 Å². The van der Waals surface area contributed by atoms with E-state index in [2.05, 4.69) is 9.97 Å². The van der Waals surface area contributed by atoms with Crippen molar-refractivity contribution in [1.29, 1.82) is 0 Å². The Bertz CT molecular complexity index is 972. The van der Waals surface area contributed by atoms with E-state index in [1.165, 1.54) is 18.2 Å². The van der Waals surface area contributed by atoms with Crippen molar-refractivity contribution in [2.24, 2.45) is 5.73 Å². The topological polar surface area (TPSA) is 60.0 Å². The molecule has 1 aliphatic rings. The molecule has 0 amide bonds. The highest BCUT2D eigenvalue weighted by Crippen LogP contribution is 2.28. The van der Waals surface area contributed by atoms with Gasteiger partial charge in [-0.15, -0.1) is 0 Å². The average molecular weight is 379 g/mol. The number of alkyl halides is 1. The summed E-state index contributed by atoms with van der Waals surface area (Å²) in [6.45, 7) is 0.671. The van der Waals surface area contributed by atoms with E-state index in [1.54, 1.807) is 9.47 Å². The van der Waals surface area contributed by atoms with Crippen molar-refractivity contribution >= 4 is 17.0 Å². The van der Waals surface area contributed by atoms with Crippen LogP contribution in [0.5, 0.6) is 0 Å². The van der Waals surface area contributed by atoms with E-state index in [-0.39, 0.29) is 30.5 Å². The first kappa shape index (κ1) is 17.7. The molecule has 2 aromatic heterocycles. The third-order valence-electron chi connectivity index (χ3n) is 4.71. The molecule has 1 aromatic carbocycles. The van der Waals surface area contributed by atoms with Crippen LogP contribution in [0.1, 0.15) is 12.1 Å². The first-order valence-corrected chi connectivity index (χ1v) is 8.52. The number of fused-ring (bicyclic) bond motifs is 1. The highest BCUT2D eigenvalue weighted by molar-refractivity contribution is 5.80. The zero-order valence-electron chi connectivity index (χ0n) is 14.2. The van der Waals surface area contributed by atoms with E-state index >= 15 is 0 Å². The van der Waals surface area contributed by atoms with E-state index in [0.717, 1.165) is 12.3 Å². The van der Waals surface area contributed by atoms with E-state index < -0.39 is 29.7 Å². The zero-order chi connectivity index (χ0) is 19.1. The molecule has 3 heterocycles. The Balaban J connectivity index is 1.81. The van der Waals surface area contributed by atoms with Gasteiger partial charge in [0.15, 0.2) is 5.82 Å². The van der Waals surface area contributed by atoms with Gasteiger partial charge in [0, 0.05) is 25.2 Å². The number of halogens is 4. The highest BCUT2D eigenvalue weighted by Gasteiger charge is 2.30. The van der Waals surface area contributed by atoms with Crippen LogP contribution in [0, 0.1) is 17.5 Å². The van der Waals surface area contributed by atoms with Gasteiger partial charge in [0.25, 0.3) is 0 Å². The molecule has 4 rings (SSSR count). The number of imidazole rings is 1. The number of anilines is 1. The van der Waals surface area contributed by atoms with E-state index in [0.29, 0.717) is 18.2 Å². The monoisotopic (exact) mass is 379 g/mol. The predicted molar refractivity (Wildman–Crippen MR) is 92.6 cm³/mol. The standard InChI is InChI=1S/C18H17F4N5/c19-10-1-2-12(24-7-10)8-27-16-6-11(20)5-14(22)17(16)25-18(27)26-4-3-13(21)15(23)9-26/h1-2,5-7,13,15H,3-4,8-9,23H2/t13-,15-/m1/s1. The van der Waals surface area contributed by atoms with Crippen LogP contribution in [0.25, 0.3) is 11.0 Å². The number of piperidine rings is 1. The lowest BCUT2D eigenvalue weighted by atomic mass is 10.1. The summed E-state index contributed by atoms with van der Waals surface area (Å²) < 4.78 is 56.5. The van der Waals surface area contributed by atoms with Crippen LogP contribution >= 0.6 is 0 Å². The molecule has 0 saturated carbocycles. The number of pyridine rings is 1. The maximum atomic E-state index is 14.3. The van der Waals surface area contributed by atoms with Gasteiger partial charge in [-0.3, -0.25) is 4.98 Å². The number of benzene rings is 1. The molecule has 5 nitrogen and oxygen atoms in total. The van der Waals surface area contributed by atoms with Crippen LogP contribution < -0.4 is 10.6 Å². The molecule has 2 atom stereocenters. The summed E-state index contributed by atoms with van der Waals surface area (Å²) >= 11 is 0. The molecular weight excluding hydrogens is 362 g/mol. The Morgan fingerprint density at radius 3 is 2.67 bits per heavy atom. The number of nitrogens with two attached hydrogens (primary N) is 1. The van der Waals surface area contributed by atoms with Crippen LogP contribution in [0.15, 0.2) is 30.5 Å². The van der Waals surface area contributed by atoms with Crippen molar-refractivity contribution in [3.05, 3.63) is 53.6 Å². The number of rotatable bonds is 3. The van der Waals surface area contributed by atoms with E-state index in [1.807, 2.05) is 0 Å². The minimum atomic E-state index is -1.12. The van der Waals surface area contributed by atoms with E-state index in [9.17, 15) is 17.6 Å². The minimum absolute atomic E-state index is 0.00413. The Labute approximate surface area is 152 Å². The summed E-state index contributed by atoms with van der Waals surface area (Å²) in [4.78, 5) is 10.1. The smallest absolute Gasteiger partial charge is 0.207 e. The zero-order valence-corrected chi connectivity index (χ0v) is 14.2. The molecule has 0 unspecified atom stereocenters. The molecule has 27 heavy (non-hydrogen) atoms. The van der Waals surface area contributed by atoms with Gasteiger partial charge < -0.3 is 15.2 Å². The third kappa shape index (κ3) is 3.34. The molecule has 9 heteroatoms. The maximum Gasteiger partial charge on any atom is 0.207 e. The molecule has 3 aromatic rings. The second-order valence-electron chi connectivity index (χ2n) is 6.64. The summed E-state index contributed by atoms with van der Waals surface area (Å²) in [7, 11) is 0. The van der Waals surface area contributed by atoms with Crippen molar-refractivity contribution in [1.82, 2.24) is 14.5 Å². The van der Waals surface area contributed by atoms with Crippen molar-refractivity contribution in [2.45, 2.75) is 25.2 Å². The number of aromatic nitrogens is 3. The molecule has 0 spiro atoms. The fourth-order valence-corrected chi connectivity index (χ4v) is 3.33. The van der Waals surface area contributed by atoms with Gasteiger partial charge in [0.2, 0.25) is 5.95 Å². The quantitative estimate of drug-likeness (QED) is 0.711. The van der Waals surface area contributed by atoms with Gasteiger partial charge >= 0.3 is 0 Å². The Morgan fingerprint density at radius 2 is 1.96 bits per heavy atom. The Kier molecular flexibility index (Phi) is 4.47. The number of hydrogen-bond acceptors (Lipinski definition) is 4. The molecule has 1 aliphatic heterocycles. The first-order valence-electron chi connectivity index (χ1n) is 8.52. The van der Waals surface area contributed by atoms with Crippen LogP contribution in [0.4, 0.5) is 23.5 Å². The summed E-state index contributed by atoms with van der Waals surface area (Å²) in [6, 6.07) is 3.99. The molecule has 0 bridgehead atoms. The molecular formula is C18H17F4N5. The van der Waals surface area contributed by atoms with Gasteiger partial charge in [0.05, 0.1) is 30.0 Å².